The highest BCUT2D eigenvalue weighted by atomic mass is 16.5. The lowest BCUT2D eigenvalue weighted by atomic mass is 10.2. The molecule has 1 amide bonds. The van der Waals surface area contributed by atoms with Gasteiger partial charge in [-0.15, -0.1) is 0 Å². The molecule has 0 saturated carbocycles. The van der Waals surface area contributed by atoms with Crippen LogP contribution in [-0.2, 0) is 4.74 Å². The van der Waals surface area contributed by atoms with E-state index in [0.29, 0.717) is 40.9 Å². The van der Waals surface area contributed by atoms with Crippen molar-refractivity contribution in [1.29, 1.82) is 0 Å². The van der Waals surface area contributed by atoms with Gasteiger partial charge in [0.1, 0.15) is 17.1 Å². The van der Waals surface area contributed by atoms with Crippen molar-refractivity contribution in [3.63, 3.8) is 0 Å². The molecular formula is C22H25N3O6. The van der Waals surface area contributed by atoms with Crippen LogP contribution in [0.4, 0.5) is 11.5 Å². The average Bonchev–Trinajstić information content (AvgIpc) is 3.48. The number of aromatic nitrogens is 1. The maximum Gasteiger partial charge on any atom is 0.270 e. The number of hydrogen-bond donors (Lipinski definition) is 2. The molecule has 4 rings (SSSR count). The molecule has 3 heterocycles. The predicted octanol–water partition coefficient (Wildman–Crippen LogP) is 3.51. The normalized spacial score (nSPS) is 15.6. The van der Waals surface area contributed by atoms with Crippen molar-refractivity contribution in [2.24, 2.45) is 0 Å². The third-order valence-corrected chi connectivity index (χ3v) is 5.12. The van der Waals surface area contributed by atoms with E-state index in [-0.39, 0.29) is 17.7 Å². The number of carbonyl (C=O) groups excluding carboxylic acids is 1. The molecule has 1 aromatic carbocycles. The van der Waals surface area contributed by atoms with Crippen LogP contribution in [0.15, 0.2) is 34.9 Å². The van der Waals surface area contributed by atoms with Crippen molar-refractivity contribution in [2.45, 2.75) is 18.9 Å². The van der Waals surface area contributed by atoms with E-state index in [0.717, 1.165) is 24.8 Å². The highest BCUT2D eigenvalue weighted by molar-refractivity contribution is 5.99. The maximum absolute atomic E-state index is 12.7. The number of methoxy groups -OCH3 is 3. The lowest BCUT2D eigenvalue weighted by molar-refractivity contribution is 0.0854. The molecule has 9 heteroatoms. The molecule has 2 N–H and O–H groups in total. The highest BCUT2D eigenvalue weighted by Gasteiger charge is 2.20. The monoisotopic (exact) mass is 427 g/mol. The largest absolute Gasteiger partial charge is 0.493 e. The summed E-state index contributed by atoms with van der Waals surface area (Å²) in [6.45, 7) is 1.19. The van der Waals surface area contributed by atoms with Crippen LogP contribution >= 0.6 is 0 Å². The molecule has 0 bridgehead atoms. The van der Waals surface area contributed by atoms with Gasteiger partial charge < -0.3 is 34.0 Å². The molecule has 0 radical (unpaired) electrons. The Bertz CT molecular complexity index is 1050. The number of anilines is 2. The summed E-state index contributed by atoms with van der Waals surface area (Å²) in [6, 6.07) is 6.94. The zero-order valence-corrected chi connectivity index (χ0v) is 17.7. The van der Waals surface area contributed by atoms with E-state index < -0.39 is 0 Å². The Balaban J connectivity index is 1.63. The van der Waals surface area contributed by atoms with Crippen LogP contribution in [0.5, 0.6) is 17.2 Å². The smallest absolute Gasteiger partial charge is 0.270 e. The molecule has 1 aliphatic heterocycles. The molecule has 3 aromatic rings. The summed E-state index contributed by atoms with van der Waals surface area (Å²) in [5, 5.41) is 6.86. The summed E-state index contributed by atoms with van der Waals surface area (Å²) in [5.74, 6) is 1.67. The topological polar surface area (TPSA) is 104 Å². The van der Waals surface area contributed by atoms with E-state index in [1.165, 1.54) is 0 Å². The third kappa shape index (κ3) is 4.36. The SMILES string of the molecule is COc1cc(Nc2nc(C(=O)NC[C@@H]3CCCO3)cc3occc23)cc(OC)c1OC. The number of furan rings is 1. The van der Waals surface area contributed by atoms with Crippen molar-refractivity contribution in [1.82, 2.24) is 10.3 Å². The first kappa shape index (κ1) is 20.8. The Morgan fingerprint density at radius 1 is 1.16 bits per heavy atom. The van der Waals surface area contributed by atoms with Gasteiger partial charge in [-0.3, -0.25) is 4.79 Å². The van der Waals surface area contributed by atoms with E-state index in [9.17, 15) is 4.79 Å². The van der Waals surface area contributed by atoms with E-state index in [1.807, 2.05) is 0 Å². The number of rotatable bonds is 8. The first-order chi connectivity index (χ1) is 15.1. The van der Waals surface area contributed by atoms with E-state index in [4.69, 9.17) is 23.4 Å². The number of pyridine rings is 1. The summed E-state index contributed by atoms with van der Waals surface area (Å²) in [6.07, 6.45) is 3.56. The van der Waals surface area contributed by atoms with Crippen molar-refractivity contribution in [3.05, 3.63) is 36.2 Å². The third-order valence-electron chi connectivity index (χ3n) is 5.12. The number of carbonyl (C=O) groups is 1. The van der Waals surface area contributed by atoms with Crippen LogP contribution in [0.2, 0.25) is 0 Å². The van der Waals surface area contributed by atoms with Crippen LogP contribution < -0.4 is 24.8 Å². The molecule has 0 spiro atoms. The molecule has 0 aliphatic carbocycles. The molecule has 1 saturated heterocycles. The van der Waals surface area contributed by atoms with Crippen molar-refractivity contribution < 1.29 is 28.2 Å². The molecule has 164 valence electrons. The van der Waals surface area contributed by atoms with Crippen LogP contribution in [0.1, 0.15) is 23.3 Å². The Morgan fingerprint density at radius 3 is 2.58 bits per heavy atom. The summed E-state index contributed by atoms with van der Waals surface area (Å²) in [7, 11) is 4.64. The number of nitrogens with one attached hydrogen (secondary N) is 2. The highest BCUT2D eigenvalue weighted by Crippen LogP contribution is 2.41. The molecule has 1 atom stereocenters. The van der Waals surface area contributed by atoms with Gasteiger partial charge in [-0.2, -0.15) is 0 Å². The van der Waals surface area contributed by atoms with Crippen molar-refractivity contribution in [2.75, 3.05) is 39.8 Å². The van der Waals surface area contributed by atoms with Gasteiger partial charge in [-0.25, -0.2) is 4.98 Å². The quantitative estimate of drug-likeness (QED) is 0.563. The Labute approximate surface area is 179 Å². The Kier molecular flexibility index (Phi) is 6.13. The minimum atomic E-state index is -0.290. The average molecular weight is 427 g/mol. The van der Waals surface area contributed by atoms with Crippen LogP contribution in [0.3, 0.4) is 0 Å². The van der Waals surface area contributed by atoms with Gasteiger partial charge in [0.25, 0.3) is 5.91 Å². The summed E-state index contributed by atoms with van der Waals surface area (Å²) >= 11 is 0. The van der Waals surface area contributed by atoms with Gasteiger partial charge in [-0.05, 0) is 18.9 Å². The van der Waals surface area contributed by atoms with E-state index >= 15 is 0 Å². The Hall–Kier alpha value is -3.46. The Morgan fingerprint density at radius 2 is 1.94 bits per heavy atom. The first-order valence-corrected chi connectivity index (χ1v) is 9.98. The second-order valence-electron chi connectivity index (χ2n) is 7.07. The lowest BCUT2D eigenvalue weighted by Crippen LogP contribution is -2.32. The minimum Gasteiger partial charge on any atom is -0.493 e. The standard InChI is InChI=1S/C22H25N3O6/c1-27-18-9-13(10-19(28-2)20(18)29-3)24-21-15-6-8-31-17(15)11-16(25-21)22(26)23-12-14-5-4-7-30-14/h6,8-11,14H,4-5,7,12H2,1-3H3,(H,23,26)(H,24,25)/t14-/m0/s1. The zero-order chi connectivity index (χ0) is 21.8. The number of benzene rings is 1. The van der Waals surface area contributed by atoms with Crippen molar-refractivity contribution in [3.8, 4) is 17.2 Å². The molecule has 0 unspecified atom stereocenters. The molecular weight excluding hydrogens is 402 g/mol. The second kappa shape index (κ2) is 9.13. The number of ether oxygens (including phenoxy) is 4. The molecule has 9 nitrogen and oxygen atoms in total. The molecule has 1 aliphatic rings. The lowest BCUT2D eigenvalue weighted by Gasteiger charge is -2.15. The summed E-state index contributed by atoms with van der Waals surface area (Å²) < 4.78 is 27.3. The number of amides is 1. The van der Waals surface area contributed by atoms with Gasteiger partial charge in [0.2, 0.25) is 5.75 Å². The van der Waals surface area contributed by atoms with Gasteiger partial charge >= 0.3 is 0 Å². The van der Waals surface area contributed by atoms with E-state index in [2.05, 4.69) is 15.6 Å². The fourth-order valence-electron chi connectivity index (χ4n) is 3.57. The fraction of sp³-hybridized carbons (Fsp3) is 0.364. The van der Waals surface area contributed by atoms with Crippen molar-refractivity contribution >= 4 is 28.4 Å². The maximum atomic E-state index is 12.7. The summed E-state index contributed by atoms with van der Waals surface area (Å²) in [4.78, 5) is 17.2. The van der Waals surface area contributed by atoms with Gasteiger partial charge in [0.05, 0.1) is 39.1 Å². The second-order valence-corrected chi connectivity index (χ2v) is 7.07. The van der Waals surface area contributed by atoms with Crippen LogP contribution in [0.25, 0.3) is 11.0 Å². The zero-order valence-electron chi connectivity index (χ0n) is 17.7. The molecule has 31 heavy (non-hydrogen) atoms. The van der Waals surface area contributed by atoms with Crippen LogP contribution in [-0.4, -0.2) is 51.5 Å². The van der Waals surface area contributed by atoms with Gasteiger partial charge in [0, 0.05) is 37.0 Å². The van der Waals surface area contributed by atoms with Crippen LogP contribution in [0, 0.1) is 0 Å². The fourth-order valence-corrected chi connectivity index (χ4v) is 3.57. The molecule has 2 aromatic heterocycles. The number of fused-ring (bicyclic) bond motifs is 1. The minimum absolute atomic E-state index is 0.0492. The van der Waals surface area contributed by atoms with Gasteiger partial charge in [0.15, 0.2) is 11.5 Å². The molecule has 1 fully saturated rings. The van der Waals surface area contributed by atoms with Gasteiger partial charge in [-0.1, -0.05) is 0 Å². The number of nitrogens with zero attached hydrogens (tertiary/aromatic N) is 1. The predicted molar refractivity (Wildman–Crippen MR) is 115 cm³/mol. The summed E-state index contributed by atoms with van der Waals surface area (Å²) in [5.41, 5.74) is 1.45. The van der Waals surface area contributed by atoms with E-state index in [1.54, 1.807) is 51.9 Å². The number of hydrogen-bond acceptors (Lipinski definition) is 8. The first-order valence-electron chi connectivity index (χ1n) is 9.98.